The average Bonchev–Trinajstić information content (AvgIpc) is 2.79. The fourth-order valence-corrected chi connectivity index (χ4v) is 2.20. The number of esters is 1. The van der Waals surface area contributed by atoms with E-state index in [1.54, 1.807) is 0 Å². The molecule has 0 aliphatic carbocycles. The number of rotatable bonds is 5. The Kier molecular flexibility index (Phi) is 4.40. The number of benzene rings is 1. The summed E-state index contributed by atoms with van der Waals surface area (Å²) in [6.45, 7) is -0.0785. The van der Waals surface area contributed by atoms with Crippen LogP contribution in [0, 0.1) is 0 Å². The largest absolute Gasteiger partial charge is 0.468 e. The van der Waals surface area contributed by atoms with E-state index in [-0.39, 0.29) is 12.5 Å². The molecule has 1 amide bonds. The smallest absolute Gasteiger partial charge is 0.325 e. The summed E-state index contributed by atoms with van der Waals surface area (Å²) in [6, 6.07) is 8.09. The van der Waals surface area contributed by atoms with Crippen molar-refractivity contribution in [1.82, 2.24) is 9.88 Å². The lowest BCUT2D eigenvalue weighted by atomic mass is 10.1. The van der Waals surface area contributed by atoms with Crippen molar-refractivity contribution in [3.05, 3.63) is 36.0 Å². The third-order valence-corrected chi connectivity index (χ3v) is 3.26. The molecule has 0 saturated carbocycles. The molecule has 1 heterocycles. The summed E-state index contributed by atoms with van der Waals surface area (Å²) in [5.41, 5.74) is 2.29. The summed E-state index contributed by atoms with van der Waals surface area (Å²) < 4.78 is 6.52. The fraction of sp³-hybridized carbons (Fsp3) is 0.333. The number of para-hydroxylation sites is 1. The van der Waals surface area contributed by atoms with Gasteiger partial charge in [0, 0.05) is 30.6 Å². The number of aromatic nitrogens is 1. The Morgan fingerprint density at radius 3 is 2.80 bits per heavy atom. The monoisotopic (exact) mass is 274 g/mol. The Balaban J connectivity index is 1.96. The number of methoxy groups -OCH3 is 1. The van der Waals surface area contributed by atoms with Gasteiger partial charge in [0.1, 0.15) is 6.54 Å². The molecule has 1 N–H and O–H groups in total. The Morgan fingerprint density at radius 1 is 1.30 bits per heavy atom. The molecule has 0 aliphatic heterocycles. The van der Waals surface area contributed by atoms with Gasteiger partial charge in [0.25, 0.3) is 0 Å². The van der Waals surface area contributed by atoms with Crippen LogP contribution in [0.1, 0.15) is 12.0 Å². The highest BCUT2D eigenvalue weighted by Crippen LogP contribution is 2.21. The molecular weight excluding hydrogens is 256 g/mol. The third kappa shape index (κ3) is 3.17. The van der Waals surface area contributed by atoms with Gasteiger partial charge in [0.15, 0.2) is 0 Å². The summed E-state index contributed by atoms with van der Waals surface area (Å²) in [4.78, 5) is 22.6. The van der Waals surface area contributed by atoms with Crippen LogP contribution < -0.4 is 5.32 Å². The highest BCUT2D eigenvalue weighted by atomic mass is 16.5. The van der Waals surface area contributed by atoms with Crippen LogP contribution in [0.15, 0.2) is 30.5 Å². The van der Waals surface area contributed by atoms with Crippen LogP contribution in [0.3, 0.4) is 0 Å². The second-order valence-corrected chi connectivity index (χ2v) is 4.64. The van der Waals surface area contributed by atoms with E-state index in [2.05, 4.69) is 26.8 Å². The van der Waals surface area contributed by atoms with Crippen molar-refractivity contribution in [2.45, 2.75) is 12.8 Å². The van der Waals surface area contributed by atoms with E-state index in [1.165, 1.54) is 7.11 Å². The lowest BCUT2D eigenvalue weighted by Gasteiger charge is -2.03. The van der Waals surface area contributed by atoms with Crippen LogP contribution in [-0.4, -0.2) is 30.1 Å². The van der Waals surface area contributed by atoms with Crippen molar-refractivity contribution in [2.24, 2.45) is 7.05 Å². The molecule has 106 valence electrons. The number of nitrogens with one attached hydrogen (secondary N) is 1. The van der Waals surface area contributed by atoms with Gasteiger partial charge in [-0.05, 0) is 18.1 Å². The van der Waals surface area contributed by atoms with E-state index in [0.29, 0.717) is 12.8 Å². The zero-order chi connectivity index (χ0) is 14.5. The number of aryl methyl sites for hydroxylation is 2. The van der Waals surface area contributed by atoms with Crippen molar-refractivity contribution in [1.29, 1.82) is 0 Å². The Hall–Kier alpha value is -2.30. The van der Waals surface area contributed by atoms with E-state index >= 15 is 0 Å². The molecule has 2 rings (SSSR count). The minimum atomic E-state index is -0.441. The number of ether oxygens (including phenoxy) is 1. The maximum atomic E-state index is 11.7. The second kappa shape index (κ2) is 6.23. The average molecular weight is 274 g/mol. The Morgan fingerprint density at radius 2 is 2.05 bits per heavy atom. The highest BCUT2D eigenvalue weighted by Gasteiger charge is 2.09. The molecule has 2 aromatic rings. The molecule has 0 spiro atoms. The van der Waals surface area contributed by atoms with Gasteiger partial charge < -0.3 is 14.6 Å². The SMILES string of the molecule is COC(=O)CNC(=O)CCc1cn(C)c2ccccc12. The number of carbonyl (C=O) groups is 2. The summed E-state index contributed by atoms with van der Waals surface area (Å²) in [7, 11) is 3.29. The molecule has 0 atom stereocenters. The van der Waals surface area contributed by atoms with Gasteiger partial charge in [-0.25, -0.2) is 0 Å². The summed E-state index contributed by atoms with van der Waals surface area (Å²) in [5, 5.41) is 3.70. The number of amides is 1. The number of nitrogens with zero attached hydrogens (tertiary/aromatic N) is 1. The molecule has 0 bridgehead atoms. The topological polar surface area (TPSA) is 60.3 Å². The zero-order valence-corrected chi connectivity index (χ0v) is 11.7. The zero-order valence-electron chi connectivity index (χ0n) is 11.7. The maximum Gasteiger partial charge on any atom is 0.325 e. The first-order valence-corrected chi connectivity index (χ1v) is 6.48. The van der Waals surface area contributed by atoms with E-state index < -0.39 is 5.97 Å². The van der Waals surface area contributed by atoms with Gasteiger partial charge in [0.2, 0.25) is 5.91 Å². The first-order chi connectivity index (χ1) is 9.61. The van der Waals surface area contributed by atoms with Gasteiger partial charge in [-0.15, -0.1) is 0 Å². The second-order valence-electron chi connectivity index (χ2n) is 4.64. The molecule has 5 nitrogen and oxygen atoms in total. The Bertz CT molecular complexity index is 631. The van der Waals surface area contributed by atoms with E-state index in [4.69, 9.17) is 0 Å². The molecular formula is C15H18N2O3. The number of fused-ring (bicyclic) bond motifs is 1. The molecule has 0 unspecified atom stereocenters. The first kappa shape index (κ1) is 14.1. The van der Waals surface area contributed by atoms with Crippen molar-refractivity contribution in [2.75, 3.05) is 13.7 Å². The van der Waals surface area contributed by atoms with Crippen molar-refractivity contribution in [3.63, 3.8) is 0 Å². The summed E-state index contributed by atoms with van der Waals surface area (Å²) >= 11 is 0. The molecule has 0 radical (unpaired) electrons. The normalized spacial score (nSPS) is 10.5. The Labute approximate surface area is 117 Å². The quantitative estimate of drug-likeness (QED) is 0.838. The van der Waals surface area contributed by atoms with Crippen LogP contribution >= 0.6 is 0 Å². The molecule has 5 heteroatoms. The predicted molar refractivity (Wildman–Crippen MR) is 76.3 cm³/mol. The van der Waals surface area contributed by atoms with Gasteiger partial charge in [-0.2, -0.15) is 0 Å². The van der Waals surface area contributed by atoms with E-state index in [1.807, 2.05) is 25.4 Å². The van der Waals surface area contributed by atoms with Crippen molar-refractivity contribution < 1.29 is 14.3 Å². The van der Waals surface area contributed by atoms with Gasteiger partial charge in [-0.3, -0.25) is 9.59 Å². The maximum absolute atomic E-state index is 11.7. The number of hydrogen-bond donors (Lipinski definition) is 1. The molecule has 0 fully saturated rings. The van der Waals surface area contributed by atoms with Gasteiger partial charge in [-0.1, -0.05) is 18.2 Å². The van der Waals surface area contributed by atoms with Crippen LogP contribution in [-0.2, 0) is 27.8 Å². The minimum absolute atomic E-state index is 0.0785. The molecule has 0 aliphatic rings. The van der Waals surface area contributed by atoms with Gasteiger partial charge >= 0.3 is 5.97 Å². The van der Waals surface area contributed by atoms with Crippen LogP contribution in [0.5, 0.6) is 0 Å². The standard InChI is InChI=1S/C15H18N2O3/c1-17-10-11(12-5-3-4-6-13(12)17)7-8-14(18)16-9-15(19)20-2/h3-6,10H,7-9H2,1-2H3,(H,16,18). The van der Waals surface area contributed by atoms with E-state index in [0.717, 1.165) is 16.5 Å². The minimum Gasteiger partial charge on any atom is -0.468 e. The van der Waals surface area contributed by atoms with Crippen molar-refractivity contribution in [3.8, 4) is 0 Å². The van der Waals surface area contributed by atoms with Crippen molar-refractivity contribution >= 4 is 22.8 Å². The number of carbonyl (C=O) groups excluding carboxylic acids is 2. The summed E-state index contributed by atoms with van der Waals surface area (Å²) in [5.74, 6) is -0.591. The molecule has 1 aromatic carbocycles. The first-order valence-electron chi connectivity index (χ1n) is 6.48. The number of hydrogen-bond acceptors (Lipinski definition) is 3. The lowest BCUT2D eigenvalue weighted by molar-refractivity contribution is -0.141. The van der Waals surface area contributed by atoms with Crippen LogP contribution in [0.2, 0.25) is 0 Å². The van der Waals surface area contributed by atoms with Gasteiger partial charge in [0.05, 0.1) is 7.11 Å². The molecule has 1 aromatic heterocycles. The van der Waals surface area contributed by atoms with Crippen LogP contribution in [0.4, 0.5) is 0 Å². The highest BCUT2D eigenvalue weighted by molar-refractivity contribution is 5.85. The summed E-state index contributed by atoms with van der Waals surface area (Å²) in [6.07, 6.45) is 3.04. The predicted octanol–water partition coefficient (Wildman–Crippen LogP) is 1.40. The molecule has 0 saturated heterocycles. The fourth-order valence-electron chi connectivity index (χ4n) is 2.20. The van der Waals surface area contributed by atoms with Crippen LogP contribution in [0.25, 0.3) is 10.9 Å². The van der Waals surface area contributed by atoms with E-state index in [9.17, 15) is 9.59 Å². The third-order valence-electron chi connectivity index (χ3n) is 3.26. The lowest BCUT2D eigenvalue weighted by Crippen LogP contribution is -2.30. The molecule has 20 heavy (non-hydrogen) atoms.